The smallest absolute Gasteiger partial charge is 0.462 e. The van der Waals surface area contributed by atoms with Gasteiger partial charge in [0.1, 0.15) is 6.61 Å². The van der Waals surface area contributed by atoms with Crippen LogP contribution in [-0.4, -0.2) is 41.0 Å². The summed E-state index contributed by atoms with van der Waals surface area (Å²) in [4.78, 5) is 42.9. The molecule has 51 heavy (non-hydrogen) atoms. The largest absolute Gasteiger partial charge is 0.469 e. The van der Waals surface area contributed by atoms with Crippen LogP contribution in [0.25, 0.3) is 0 Å². The van der Waals surface area contributed by atoms with Gasteiger partial charge in [0.25, 0.3) is 0 Å². The van der Waals surface area contributed by atoms with Gasteiger partial charge in [0.2, 0.25) is 0 Å². The standard InChI is InChI=1S/C42H83O8P/c1-38(2)32-28-24-20-16-12-8-5-6-10-14-18-22-26-30-34-41(43)48-36-40(37-49-51(45,46)47)50-42(44)35-31-27-23-19-15-11-7-9-13-17-21-25-29-33-39(3)4/h38-40H,5-37H2,1-4H3,(H2,45,46,47)/t40-/m1/s1. The van der Waals surface area contributed by atoms with Crippen LogP contribution in [0.4, 0.5) is 0 Å². The molecule has 0 unspecified atom stereocenters. The lowest BCUT2D eigenvalue weighted by molar-refractivity contribution is -0.161. The fourth-order valence-electron chi connectivity index (χ4n) is 6.51. The average molecular weight is 747 g/mol. The van der Waals surface area contributed by atoms with Crippen LogP contribution in [0.5, 0.6) is 0 Å². The summed E-state index contributed by atoms with van der Waals surface area (Å²) in [6.45, 7) is 8.40. The molecule has 0 spiro atoms. The van der Waals surface area contributed by atoms with Crippen molar-refractivity contribution < 1.29 is 37.9 Å². The molecule has 0 amide bonds. The Morgan fingerprint density at radius 2 is 0.745 bits per heavy atom. The highest BCUT2D eigenvalue weighted by Gasteiger charge is 2.23. The van der Waals surface area contributed by atoms with E-state index in [1.54, 1.807) is 0 Å². The van der Waals surface area contributed by atoms with Gasteiger partial charge in [-0.3, -0.25) is 14.1 Å². The number of ether oxygens (including phenoxy) is 2. The fourth-order valence-corrected chi connectivity index (χ4v) is 6.87. The Kier molecular flexibility index (Phi) is 35.4. The maximum absolute atomic E-state index is 12.4. The molecule has 0 saturated carbocycles. The van der Waals surface area contributed by atoms with Crippen LogP contribution in [0.3, 0.4) is 0 Å². The van der Waals surface area contributed by atoms with Crippen LogP contribution in [0, 0.1) is 11.8 Å². The van der Waals surface area contributed by atoms with Crippen molar-refractivity contribution >= 4 is 19.8 Å². The quantitative estimate of drug-likeness (QED) is 0.0362. The number of hydrogen-bond donors (Lipinski definition) is 2. The van der Waals surface area contributed by atoms with Gasteiger partial charge in [0, 0.05) is 12.8 Å². The molecule has 0 aliphatic carbocycles. The van der Waals surface area contributed by atoms with Gasteiger partial charge in [-0.2, -0.15) is 0 Å². The predicted octanol–water partition coefficient (Wildman–Crippen LogP) is 13.0. The topological polar surface area (TPSA) is 119 Å². The fraction of sp³-hybridized carbons (Fsp3) is 0.952. The van der Waals surface area contributed by atoms with Crippen molar-refractivity contribution in [2.45, 2.75) is 233 Å². The van der Waals surface area contributed by atoms with Crippen LogP contribution in [0.1, 0.15) is 227 Å². The molecule has 0 rings (SSSR count). The highest BCUT2D eigenvalue weighted by Crippen LogP contribution is 2.36. The van der Waals surface area contributed by atoms with Crippen LogP contribution in [-0.2, 0) is 28.2 Å². The van der Waals surface area contributed by atoms with Gasteiger partial charge >= 0.3 is 19.8 Å². The number of carbonyl (C=O) groups is 2. The van der Waals surface area contributed by atoms with Gasteiger partial charge in [0.15, 0.2) is 6.10 Å². The first kappa shape index (κ1) is 50.1. The van der Waals surface area contributed by atoms with Gasteiger partial charge in [-0.05, 0) is 24.7 Å². The van der Waals surface area contributed by atoms with Crippen LogP contribution < -0.4 is 0 Å². The molecular formula is C42H83O8P. The third-order valence-corrected chi connectivity index (χ3v) is 10.2. The van der Waals surface area contributed by atoms with Crippen LogP contribution >= 0.6 is 7.82 Å². The minimum Gasteiger partial charge on any atom is -0.462 e. The van der Waals surface area contributed by atoms with Crippen LogP contribution in [0.2, 0.25) is 0 Å². The van der Waals surface area contributed by atoms with E-state index in [1.165, 1.54) is 141 Å². The maximum Gasteiger partial charge on any atom is 0.469 e. The molecule has 0 saturated heterocycles. The number of esters is 2. The van der Waals surface area contributed by atoms with Crippen LogP contribution in [0.15, 0.2) is 0 Å². The SMILES string of the molecule is CC(C)CCCCCCCCCCCCCCCCC(=O)OC[C@H](COP(=O)(O)O)OC(=O)CCCCCCCCCCCCCCCC(C)C. The highest BCUT2D eigenvalue weighted by atomic mass is 31.2. The molecule has 0 aromatic rings. The maximum atomic E-state index is 12.4. The highest BCUT2D eigenvalue weighted by molar-refractivity contribution is 7.46. The molecule has 8 nitrogen and oxygen atoms in total. The van der Waals surface area contributed by atoms with E-state index in [4.69, 9.17) is 19.3 Å². The van der Waals surface area contributed by atoms with Crippen molar-refractivity contribution in [3.63, 3.8) is 0 Å². The average Bonchev–Trinajstić information content (AvgIpc) is 3.06. The third kappa shape index (κ3) is 41.7. The first-order valence-electron chi connectivity index (χ1n) is 21.5. The lowest BCUT2D eigenvalue weighted by Gasteiger charge is -2.18. The van der Waals surface area contributed by atoms with E-state index < -0.39 is 32.5 Å². The van der Waals surface area contributed by atoms with Crippen molar-refractivity contribution in [2.75, 3.05) is 13.2 Å². The Morgan fingerprint density at radius 1 is 0.451 bits per heavy atom. The minimum absolute atomic E-state index is 0.218. The van der Waals surface area contributed by atoms with E-state index in [0.717, 1.165) is 50.4 Å². The molecule has 0 bridgehead atoms. The molecule has 0 aromatic heterocycles. The van der Waals surface area contributed by atoms with Gasteiger partial charge in [-0.1, -0.05) is 201 Å². The Hall–Kier alpha value is -0.950. The normalized spacial score (nSPS) is 12.5. The zero-order valence-corrected chi connectivity index (χ0v) is 34.8. The monoisotopic (exact) mass is 747 g/mol. The second kappa shape index (κ2) is 36.0. The van der Waals surface area contributed by atoms with Gasteiger partial charge in [-0.15, -0.1) is 0 Å². The first-order valence-corrected chi connectivity index (χ1v) is 23.1. The van der Waals surface area contributed by atoms with Crippen molar-refractivity contribution in [1.82, 2.24) is 0 Å². The Balaban J connectivity index is 3.85. The summed E-state index contributed by atoms with van der Waals surface area (Å²) in [6, 6.07) is 0. The summed E-state index contributed by atoms with van der Waals surface area (Å²) < 4.78 is 26.4. The van der Waals surface area contributed by atoms with Gasteiger partial charge < -0.3 is 19.3 Å². The first-order chi connectivity index (χ1) is 24.5. The molecule has 304 valence electrons. The molecule has 1 atom stereocenters. The van der Waals surface area contributed by atoms with E-state index in [1.807, 2.05) is 0 Å². The summed E-state index contributed by atoms with van der Waals surface area (Å²) in [5.74, 6) is 0.788. The van der Waals surface area contributed by atoms with E-state index in [9.17, 15) is 14.2 Å². The van der Waals surface area contributed by atoms with Gasteiger partial charge in [-0.25, -0.2) is 4.57 Å². The summed E-state index contributed by atoms with van der Waals surface area (Å²) in [7, 11) is -4.75. The molecule has 0 radical (unpaired) electrons. The Bertz CT molecular complexity index is 828. The second-order valence-corrected chi connectivity index (χ2v) is 17.2. The zero-order chi connectivity index (χ0) is 37.8. The number of phosphoric ester groups is 1. The van der Waals surface area contributed by atoms with Crippen molar-refractivity contribution in [3.8, 4) is 0 Å². The lowest BCUT2D eigenvalue weighted by Crippen LogP contribution is -2.29. The Morgan fingerprint density at radius 3 is 1.06 bits per heavy atom. The minimum atomic E-state index is -4.75. The summed E-state index contributed by atoms with van der Waals surface area (Å²) in [5.41, 5.74) is 0. The number of rotatable bonds is 39. The van der Waals surface area contributed by atoms with Crippen molar-refractivity contribution in [3.05, 3.63) is 0 Å². The summed E-state index contributed by atoms with van der Waals surface area (Å²) in [6.07, 6.45) is 35.4. The number of unbranched alkanes of at least 4 members (excludes halogenated alkanes) is 25. The third-order valence-electron chi connectivity index (χ3n) is 9.73. The Labute approximate surface area is 315 Å². The summed E-state index contributed by atoms with van der Waals surface area (Å²) in [5, 5.41) is 0. The van der Waals surface area contributed by atoms with E-state index in [2.05, 4.69) is 32.2 Å². The lowest BCUT2D eigenvalue weighted by atomic mass is 10.0. The molecule has 0 heterocycles. The van der Waals surface area contributed by atoms with Crippen molar-refractivity contribution in [1.29, 1.82) is 0 Å². The van der Waals surface area contributed by atoms with E-state index in [-0.39, 0.29) is 19.4 Å². The van der Waals surface area contributed by atoms with Crippen molar-refractivity contribution in [2.24, 2.45) is 11.8 Å². The molecule has 2 N–H and O–H groups in total. The van der Waals surface area contributed by atoms with E-state index in [0.29, 0.717) is 6.42 Å². The molecule has 0 fully saturated rings. The molecule has 0 aromatic carbocycles. The molecule has 0 aliphatic rings. The second-order valence-electron chi connectivity index (χ2n) is 16.0. The zero-order valence-electron chi connectivity index (χ0n) is 33.9. The molecule has 0 aliphatic heterocycles. The number of phosphoric acid groups is 1. The number of hydrogen-bond acceptors (Lipinski definition) is 6. The predicted molar refractivity (Wildman–Crippen MR) is 212 cm³/mol. The van der Waals surface area contributed by atoms with Gasteiger partial charge in [0.05, 0.1) is 6.61 Å². The molecular weight excluding hydrogens is 663 g/mol. The summed E-state index contributed by atoms with van der Waals surface area (Å²) >= 11 is 0. The van der Waals surface area contributed by atoms with E-state index >= 15 is 0 Å². The number of carbonyl (C=O) groups excluding carboxylic acids is 2. The molecule has 9 heteroatoms.